The number of ether oxygens (including phenoxy) is 1. The first-order valence-corrected chi connectivity index (χ1v) is 10.9. The first-order valence-electron chi connectivity index (χ1n) is 10.9. The molecule has 2 aromatic rings. The smallest absolute Gasteiger partial charge is 0.150 e. The Kier molecular flexibility index (Phi) is 4.11. The highest BCUT2D eigenvalue weighted by molar-refractivity contribution is 5.66. The summed E-state index contributed by atoms with van der Waals surface area (Å²) in [7, 11) is 0. The van der Waals surface area contributed by atoms with Gasteiger partial charge in [-0.05, 0) is 38.0 Å². The van der Waals surface area contributed by atoms with Gasteiger partial charge in [0.15, 0.2) is 0 Å². The molecule has 7 nitrogen and oxygen atoms in total. The molecule has 7 heteroatoms. The Balaban J connectivity index is 1.29. The van der Waals surface area contributed by atoms with E-state index in [1.807, 2.05) is 12.4 Å². The predicted molar refractivity (Wildman–Crippen MR) is 113 cm³/mol. The SMILES string of the molecule is CC1COCCN1c1cc(Nc2cnc(C3CC3)cn2)nc(N2CC3CC3C2)c1. The highest BCUT2D eigenvalue weighted by Crippen LogP contribution is 2.46. The van der Waals surface area contributed by atoms with Crippen LogP contribution < -0.4 is 15.1 Å². The lowest BCUT2D eigenvalue weighted by atomic mass is 10.2. The summed E-state index contributed by atoms with van der Waals surface area (Å²) in [6.45, 7) is 6.93. The maximum atomic E-state index is 5.64. The Labute approximate surface area is 171 Å². The summed E-state index contributed by atoms with van der Waals surface area (Å²) in [5, 5.41) is 3.40. The maximum Gasteiger partial charge on any atom is 0.150 e. The van der Waals surface area contributed by atoms with Gasteiger partial charge in [0.25, 0.3) is 0 Å². The van der Waals surface area contributed by atoms with Crippen molar-refractivity contribution >= 4 is 23.1 Å². The molecule has 3 atom stereocenters. The topological polar surface area (TPSA) is 66.4 Å². The van der Waals surface area contributed by atoms with E-state index >= 15 is 0 Å². The quantitative estimate of drug-likeness (QED) is 0.838. The van der Waals surface area contributed by atoms with E-state index in [1.165, 1.54) is 24.9 Å². The van der Waals surface area contributed by atoms with E-state index in [-0.39, 0.29) is 0 Å². The third kappa shape index (κ3) is 3.52. The number of nitrogens with one attached hydrogen (secondary N) is 1. The van der Waals surface area contributed by atoms with E-state index < -0.39 is 0 Å². The molecule has 152 valence electrons. The molecule has 0 aromatic carbocycles. The van der Waals surface area contributed by atoms with E-state index in [0.717, 1.165) is 67.8 Å². The van der Waals surface area contributed by atoms with Gasteiger partial charge in [-0.3, -0.25) is 4.98 Å². The molecule has 0 amide bonds. The zero-order valence-electron chi connectivity index (χ0n) is 16.9. The van der Waals surface area contributed by atoms with Crippen molar-refractivity contribution in [1.82, 2.24) is 15.0 Å². The molecule has 4 heterocycles. The molecule has 6 rings (SSSR count). The van der Waals surface area contributed by atoms with Crippen LogP contribution in [0.15, 0.2) is 24.5 Å². The first kappa shape index (κ1) is 17.4. The number of pyridine rings is 1. The summed E-state index contributed by atoms with van der Waals surface area (Å²) in [5.74, 6) is 5.03. The fourth-order valence-electron chi connectivity index (χ4n) is 4.71. The van der Waals surface area contributed by atoms with Crippen molar-refractivity contribution in [2.75, 3.05) is 48.0 Å². The fourth-order valence-corrected chi connectivity index (χ4v) is 4.71. The monoisotopic (exact) mass is 392 g/mol. The number of anilines is 4. The largest absolute Gasteiger partial charge is 0.377 e. The number of morpholine rings is 1. The molecule has 29 heavy (non-hydrogen) atoms. The van der Waals surface area contributed by atoms with Crippen LogP contribution in [0.1, 0.15) is 37.8 Å². The van der Waals surface area contributed by atoms with Crippen molar-refractivity contribution in [3.63, 3.8) is 0 Å². The molecule has 3 unspecified atom stereocenters. The lowest BCUT2D eigenvalue weighted by Gasteiger charge is -2.36. The molecule has 2 aliphatic carbocycles. The summed E-state index contributed by atoms with van der Waals surface area (Å²) < 4.78 is 5.64. The summed E-state index contributed by atoms with van der Waals surface area (Å²) in [5.41, 5.74) is 2.31. The van der Waals surface area contributed by atoms with Crippen molar-refractivity contribution < 1.29 is 4.74 Å². The number of hydrogen-bond donors (Lipinski definition) is 1. The van der Waals surface area contributed by atoms with Crippen molar-refractivity contribution in [1.29, 1.82) is 0 Å². The van der Waals surface area contributed by atoms with Crippen LogP contribution in [0.3, 0.4) is 0 Å². The van der Waals surface area contributed by atoms with Crippen LogP contribution in [0.5, 0.6) is 0 Å². The van der Waals surface area contributed by atoms with Gasteiger partial charge in [0.1, 0.15) is 17.5 Å². The van der Waals surface area contributed by atoms with Crippen LogP contribution >= 0.6 is 0 Å². The van der Waals surface area contributed by atoms with Gasteiger partial charge >= 0.3 is 0 Å². The van der Waals surface area contributed by atoms with Crippen molar-refractivity contribution in [2.24, 2.45) is 11.8 Å². The number of fused-ring (bicyclic) bond motifs is 1. The number of rotatable bonds is 5. The van der Waals surface area contributed by atoms with Gasteiger partial charge in [0.05, 0.1) is 31.3 Å². The zero-order valence-corrected chi connectivity index (χ0v) is 16.9. The number of aromatic nitrogens is 3. The van der Waals surface area contributed by atoms with Crippen molar-refractivity contribution in [3.8, 4) is 0 Å². The van der Waals surface area contributed by atoms with Gasteiger partial charge in [-0.1, -0.05) is 0 Å². The van der Waals surface area contributed by atoms with Crippen molar-refractivity contribution in [2.45, 2.75) is 38.1 Å². The second-order valence-corrected chi connectivity index (χ2v) is 9.07. The average molecular weight is 393 g/mol. The minimum atomic E-state index is 0.358. The molecule has 4 fully saturated rings. The Morgan fingerprint density at radius 2 is 1.93 bits per heavy atom. The second-order valence-electron chi connectivity index (χ2n) is 9.07. The summed E-state index contributed by atoms with van der Waals surface area (Å²) >= 11 is 0. The van der Waals surface area contributed by atoms with Crippen LogP contribution in [0.25, 0.3) is 0 Å². The third-order valence-electron chi connectivity index (χ3n) is 6.72. The Morgan fingerprint density at radius 3 is 2.66 bits per heavy atom. The number of hydrogen-bond acceptors (Lipinski definition) is 7. The summed E-state index contributed by atoms with van der Waals surface area (Å²) in [6.07, 6.45) is 7.62. The second kappa shape index (κ2) is 6.83. The standard InChI is InChI=1S/C22H28N6O/c1-14-13-29-5-4-28(14)18-7-20(25-21-10-23-19(9-24-21)15-2-3-15)26-22(8-18)27-11-16-6-17(16)12-27/h7-10,14-17H,2-6,11-13H2,1H3,(H,24,25,26). The number of piperidine rings is 1. The van der Waals surface area contributed by atoms with E-state index in [9.17, 15) is 0 Å². The highest BCUT2D eigenvalue weighted by Gasteiger charge is 2.45. The Bertz CT molecular complexity index is 889. The molecule has 2 aromatic heterocycles. The van der Waals surface area contributed by atoms with Crippen LogP contribution in [0.4, 0.5) is 23.1 Å². The van der Waals surface area contributed by atoms with Gasteiger partial charge in [0.2, 0.25) is 0 Å². The normalized spacial score (nSPS) is 28.4. The molecule has 2 aliphatic heterocycles. The molecule has 4 aliphatic rings. The van der Waals surface area contributed by atoms with Crippen LogP contribution in [-0.2, 0) is 4.74 Å². The molecular formula is C22H28N6O. The van der Waals surface area contributed by atoms with E-state index in [2.05, 4.69) is 44.1 Å². The maximum absolute atomic E-state index is 5.64. The van der Waals surface area contributed by atoms with Gasteiger partial charge in [-0.15, -0.1) is 0 Å². The first-order chi connectivity index (χ1) is 14.2. The molecule has 2 saturated heterocycles. The molecule has 0 bridgehead atoms. The van der Waals surface area contributed by atoms with Gasteiger partial charge in [-0.2, -0.15) is 0 Å². The highest BCUT2D eigenvalue weighted by atomic mass is 16.5. The lowest BCUT2D eigenvalue weighted by Crippen LogP contribution is -2.43. The predicted octanol–water partition coefficient (Wildman–Crippen LogP) is 3.17. The molecule has 2 saturated carbocycles. The molecular weight excluding hydrogens is 364 g/mol. The fraction of sp³-hybridized carbons (Fsp3) is 0.591. The lowest BCUT2D eigenvalue weighted by molar-refractivity contribution is 0.0989. The minimum Gasteiger partial charge on any atom is -0.377 e. The minimum absolute atomic E-state index is 0.358. The Morgan fingerprint density at radius 1 is 1.07 bits per heavy atom. The van der Waals surface area contributed by atoms with Crippen LogP contribution in [0.2, 0.25) is 0 Å². The van der Waals surface area contributed by atoms with E-state index in [4.69, 9.17) is 9.72 Å². The van der Waals surface area contributed by atoms with E-state index in [1.54, 1.807) is 0 Å². The number of nitrogens with zero attached hydrogens (tertiary/aromatic N) is 5. The molecule has 0 spiro atoms. The molecule has 0 radical (unpaired) electrons. The average Bonchev–Trinajstić information content (AvgIpc) is 3.67. The molecule has 1 N–H and O–H groups in total. The third-order valence-corrected chi connectivity index (χ3v) is 6.72. The van der Waals surface area contributed by atoms with Gasteiger partial charge in [0, 0.05) is 49.4 Å². The Hall–Kier alpha value is -2.41. The van der Waals surface area contributed by atoms with Crippen molar-refractivity contribution in [3.05, 3.63) is 30.2 Å². The van der Waals surface area contributed by atoms with Gasteiger partial charge in [-0.25, -0.2) is 9.97 Å². The summed E-state index contributed by atoms with van der Waals surface area (Å²) in [6, 6.07) is 4.74. The zero-order chi connectivity index (χ0) is 19.4. The summed E-state index contributed by atoms with van der Waals surface area (Å²) in [4.78, 5) is 19.0. The van der Waals surface area contributed by atoms with E-state index in [0.29, 0.717) is 12.0 Å². The van der Waals surface area contributed by atoms with Crippen LogP contribution in [0, 0.1) is 11.8 Å². The van der Waals surface area contributed by atoms with Gasteiger partial charge < -0.3 is 19.9 Å². The van der Waals surface area contributed by atoms with Crippen LogP contribution in [-0.4, -0.2) is 53.8 Å².